The Kier molecular flexibility index (Phi) is 2.14. The van der Waals surface area contributed by atoms with Crippen molar-refractivity contribution < 1.29 is 9.93 Å². The first-order valence-corrected chi connectivity index (χ1v) is 4.37. The van der Waals surface area contributed by atoms with Crippen molar-refractivity contribution in [2.24, 2.45) is 0 Å². The van der Waals surface area contributed by atoms with Crippen molar-refractivity contribution in [3.05, 3.63) is 53.4 Å². The zero-order chi connectivity index (χ0) is 9.97. The summed E-state index contributed by atoms with van der Waals surface area (Å²) in [5, 5.41) is 9.68. The van der Waals surface area contributed by atoms with E-state index in [1.54, 1.807) is 6.07 Å². The zero-order valence-electron chi connectivity index (χ0n) is 7.90. The van der Waals surface area contributed by atoms with E-state index >= 15 is 0 Å². The molecular weight excluding hydrogens is 176 g/mol. The fourth-order valence-electron chi connectivity index (χ4n) is 1.23. The Morgan fingerprint density at radius 3 is 2.50 bits per heavy atom. The molecule has 0 fully saturated rings. The van der Waals surface area contributed by atoms with Crippen LogP contribution in [0.5, 0.6) is 0 Å². The van der Waals surface area contributed by atoms with Gasteiger partial charge in [-0.1, -0.05) is 22.9 Å². The fourth-order valence-corrected chi connectivity index (χ4v) is 1.23. The average Bonchev–Trinajstić information content (AvgIpc) is 2.71. The molecule has 1 aromatic heterocycles. The maximum atomic E-state index is 5.90. The van der Waals surface area contributed by atoms with Crippen LogP contribution in [-0.2, 0) is 0 Å². The summed E-state index contributed by atoms with van der Waals surface area (Å²) in [6.45, 7) is 2.04. The van der Waals surface area contributed by atoms with Crippen molar-refractivity contribution in [3.63, 3.8) is 0 Å². The maximum Gasteiger partial charge on any atom is 0.233 e. The van der Waals surface area contributed by atoms with Crippen molar-refractivity contribution in [1.29, 1.82) is 0 Å². The van der Waals surface area contributed by atoms with Gasteiger partial charge in [-0.15, -0.1) is 0 Å². The summed E-state index contributed by atoms with van der Waals surface area (Å²) in [4.78, 5) is 0. The van der Waals surface area contributed by atoms with Gasteiger partial charge < -0.3 is 4.52 Å². The number of rotatable bonds is 2. The van der Waals surface area contributed by atoms with Crippen LogP contribution in [0.1, 0.15) is 16.8 Å². The van der Waals surface area contributed by atoms with Gasteiger partial charge in [-0.05, 0) is 19.1 Å². The minimum absolute atomic E-state index is 0.638. The molecule has 70 valence electrons. The summed E-state index contributed by atoms with van der Waals surface area (Å²) < 4.78 is 4.73. The Morgan fingerprint density at radius 2 is 1.93 bits per heavy atom. The van der Waals surface area contributed by atoms with E-state index in [4.69, 9.17) is 9.93 Å². The third-order valence-corrected chi connectivity index (χ3v) is 2.08. The summed E-state index contributed by atoms with van der Waals surface area (Å²) in [6.07, 6.45) is 1.51. The molecule has 3 nitrogen and oxygen atoms in total. The standard InChI is InChI=1S/C11H10N2O/c1-8-2-4-9(5-3-8)11(12)10-6-7-14-13-10/h2-7,12H,1H3/p+1. The molecule has 0 aliphatic heterocycles. The molecule has 0 radical (unpaired) electrons. The monoisotopic (exact) mass is 187 g/mol. The average molecular weight is 187 g/mol. The molecule has 0 saturated carbocycles. The summed E-state index contributed by atoms with van der Waals surface area (Å²) in [5.74, 6) is 0. The largest absolute Gasteiger partial charge is 0.364 e. The maximum absolute atomic E-state index is 5.90. The molecule has 0 atom stereocenters. The lowest BCUT2D eigenvalue weighted by Gasteiger charge is -1.95. The second kappa shape index (κ2) is 3.46. The summed E-state index contributed by atoms with van der Waals surface area (Å²) in [7, 11) is 0. The fraction of sp³-hybridized carbons (Fsp3) is 0.0909. The Bertz CT molecular complexity index is 429. The Hall–Kier alpha value is -1.90. The molecule has 2 aromatic rings. The van der Waals surface area contributed by atoms with Crippen LogP contribution < -0.4 is 5.41 Å². The van der Waals surface area contributed by atoms with E-state index in [2.05, 4.69) is 5.16 Å². The first kappa shape index (κ1) is 8.69. The van der Waals surface area contributed by atoms with Gasteiger partial charge in [0, 0.05) is 11.6 Å². The molecule has 0 bridgehead atoms. The Balaban J connectivity index is 2.33. The van der Waals surface area contributed by atoms with Crippen LogP contribution in [0, 0.1) is 6.92 Å². The second-order valence-electron chi connectivity index (χ2n) is 3.16. The number of benzene rings is 1. The summed E-state index contributed by atoms with van der Waals surface area (Å²) in [5.41, 5.74) is 3.49. The molecule has 1 heterocycles. The minimum atomic E-state index is 0.638. The summed E-state index contributed by atoms with van der Waals surface area (Å²) >= 11 is 0. The molecule has 2 rings (SSSR count). The topological polar surface area (TPSA) is 51.6 Å². The van der Waals surface area contributed by atoms with Gasteiger partial charge in [0.2, 0.25) is 5.71 Å². The Morgan fingerprint density at radius 1 is 1.21 bits per heavy atom. The van der Waals surface area contributed by atoms with Crippen molar-refractivity contribution in [1.82, 2.24) is 5.16 Å². The van der Waals surface area contributed by atoms with Crippen molar-refractivity contribution >= 4 is 5.71 Å². The number of hydrogen-bond acceptors (Lipinski definition) is 2. The number of aryl methyl sites for hydroxylation is 1. The van der Waals surface area contributed by atoms with Gasteiger partial charge in [-0.3, -0.25) is 5.41 Å². The number of hydrogen-bond donors (Lipinski definition) is 1. The first-order chi connectivity index (χ1) is 6.77. The molecule has 0 saturated heterocycles. The predicted molar refractivity (Wildman–Crippen MR) is 52.8 cm³/mol. The van der Waals surface area contributed by atoms with Crippen LogP contribution >= 0.6 is 0 Å². The van der Waals surface area contributed by atoms with Gasteiger partial charge in [0.05, 0.1) is 0 Å². The number of nitrogens with zero attached hydrogens (tertiary/aromatic N) is 1. The molecule has 14 heavy (non-hydrogen) atoms. The molecule has 0 aliphatic rings. The normalized spacial score (nSPS) is 10.1. The van der Waals surface area contributed by atoms with Crippen LogP contribution in [0.2, 0.25) is 0 Å². The molecule has 1 aromatic carbocycles. The molecule has 0 unspecified atom stereocenters. The quantitative estimate of drug-likeness (QED) is 0.699. The van der Waals surface area contributed by atoms with Crippen LogP contribution in [0.25, 0.3) is 0 Å². The third kappa shape index (κ3) is 1.57. The van der Waals surface area contributed by atoms with Gasteiger partial charge in [-0.2, -0.15) is 0 Å². The van der Waals surface area contributed by atoms with Gasteiger partial charge in [-0.25, -0.2) is 0 Å². The predicted octanol–water partition coefficient (Wildman–Crippen LogP) is 0.580. The highest BCUT2D eigenvalue weighted by Crippen LogP contribution is 2.06. The van der Waals surface area contributed by atoms with Crippen molar-refractivity contribution in [3.8, 4) is 0 Å². The molecular formula is C11H11N2O+. The first-order valence-electron chi connectivity index (χ1n) is 4.37. The second-order valence-corrected chi connectivity index (χ2v) is 3.16. The van der Waals surface area contributed by atoms with E-state index in [1.807, 2.05) is 31.2 Å². The van der Waals surface area contributed by atoms with Crippen LogP contribution in [-0.4, -0.2) is 10.9 Å². The lowest BCUT2D eigenvalue weighted by molar-refractivity contribution is -0.112. The van der Waals surface area contributed by atoms with Gasteiger partial charge in [0.1, 0.15) is 6.26 Å². The number of nitrogens with two attached hydrogens (primary N) is 1. The van der Waals surface area contributed by atoms with E-state index in [0.717, 1.165) is 5.56 Å². The molecule has 2 N–H and O–H groups in total. The van der Waals surface area contributed by atoms with Crippen LogP contribution in [0.3, 0.4) is 0 Å². The molecule has 0 aliphatic carbocycles. The van der Waals surface area contributed by atoms with Gasteiger partial charge in [0.25, 0.3) is 0 Å². The molecule has 0 spiro atoms. The van der Waals surface area contributed by atoms with E-state index in [9.17, 15) is 0 Å². The van der Waals surface area contributed by atoms with E-state index in [-0.39, 0.29) is 0 Å². The highest BCUT2D eigenvalue weighted by molar-refractivity contribution is 6.07. The Labute approximate surface area is 81.9 Å². The van der Waals surface area contributed by atoms with Crippen LogP contribution in [0.15, 0.2) is 41.1 Å². The molecule has 3 heteroatoms. The van der Waals surface area contributed by atoms with Crippen molar-refractivity contribution in [2.75, 3.05) is 0 Å². The molecule has 0 amide bonds. The summed E-state index contributed by atoms with van der Waals surface area (Å²) in [6, 6.07) is 9.72. The highest BCUT2D eigenvalue weighted by atomic mass is 16.5. The van der Waals surface area contributed by atoms with Gasteiger partial charge >= 0.3 is 0 Å². The lowest BCUT2D eigenvalue weighted by Crippen LogP contribution is -2.41. The van der Waals surface area contributed by atoms with Crippen LogP contribution in [0.4, 0.5) is 0 Å². The van der Waals surface area contributed by atoms with Crippen molar-refractivity contribution in [2.45, 2.75) is 6.92 Å². The van der Waals surface area contributed by atoms with E-state index < -0.39 is 0 Å². The third-order valence-electron chi connectivity index (χ3n) is 2.08. The number of aromatic nitrogens is 1. The SMILES string of the molecule is Cc1ccc(C(=[NH2+])c2ccon2)cc1. The van der Waals surface area contributed by atoms with E-state index in [1.165, 1.54) is 11.8 Å². The minimum Gasteiger partial charge on any atom is -0.364 e. The van der Waals surface area contributed by atoms with Gasteiger partial charge in [0.15, 0.2) is 5.69 Å². The smallest absolute Gasteiger partial charge is 0.233 e. The lowest BCUT2D eigenvalue weighted by atomic mass is 10.1. The van der Waals surface area contributed by atoms with E-state index in [0.29, 0.717) is 11.4 Å². The highest BCUT2D eigenvalue weighted by Gasteiger charge is 2.12. The zero-order valence-corrected chi connectivity index (χ0v) is 7.90.